The molecule has 0 bridgehead atoms. The van der Waals surface area contributed by atoms with Crippen LogP contribution in [0.2, 0.25) is 5.02 Å². The molecule has 0 unspecified atom stereocenters. The molecule has 0 saturated heterocycles. The molecule has 9 heteroatoms. The lowest BCUT2D eigenvalue weighted by molar-refractivity contribution is 0.103. The quantitative estimate of drug-likeness (QED) is 0.569. The highest BCUT2D eigenvalue weighted by Crippen LogP contribution is 2.27. The molecule has 1 aromatic carbocycles. The van der Waals surface area contributed by atoms with Gasteiger partial charge in [0.1, 0.15) is 5.75 Å². The van der Waals surface area contributed by atoms with Crippen molar-refractivity contribution in [1.82, 2.24) is 9.97 Å². The van der Waals surface area contributed by atoms with E-state index in [1.54, 1.807) is 12.1 Å². The maximum Gasteiger partial charge on any atom is 0.263 e. The van der Waals surface area contributed by atoms with Gasteiger partial charge in [-0.3, -0.25) is 14.5 Å². The Morgan fingerprint density at radius 2 is 1.69 bits per heavy atom. The van der Waals surface area contributed by atoms with Gasteiger partial charge in [0.2, 0.25) is 0 Å². The molecule has 29 heavy (non-hydrogen) atoms. The maximum absolute atomic E-state index is 12.9. The number of hydrogen-bond donors (Lipinski definition) is 1. The molecule has 0 aliphatic heterocycles. The predicted molar refractivity (Wildman–Crippen MR) is 110 cm³/mol. The lowest BCUT2D eigenvalue weighted by Gasteiger charge is -2.13. The Hall–Kier alpha value is -2.97. The van der Waals surface area contributed by atoms with Gasteiger partial charge in [-0.25, -0.2) is 13.4 Å². The Balaban J connectivity index is 1.94. The van der Waals surface area contributed by atoms with Gasteiger partial charge in [0.05, 0.1) is 21.6 Å². The molecule has 7 nitrogen and oxygen atoms in total. The van der Waals surface area contributed by atoms with Crippen molar-refractivity contribution in [3.63, 3.8) is 0 Å². The molecule has 0 aliphatic rings. The highest BCUT2D eigenvalue weighted by atomic mass is 35.5. The third-order valence-corrected chi connectivity index (χ3v) is 5.48. The predicted octanol–water partition coefficient (Wildman–Crippen LogP) is 3.95. The van der Waals surface area contributed by atoms with E-state index in [0.29, 0.717) is 11.3 Å². The van der Waals surface area contributed by atoms with Crippen LogP contribution < -0.4 is 9.46 Å². The second-order valence-electron chi connectivity index (χ2n) is 6.32. The Morgan fingerprint density at radius 3 is 2.31 bits per heavy atom. The van der Waals surface area contributed by atoms with Gasteiger partial charge in [0, 0.05) is 24.2 Å². The van der Waals surface area contributed by atoms with Gasteiger partial charge < -0.3 is 4.74 Å². The number of rotatable bonds is 7. The summed E-state index contributed by atoms with van der Waals surface area (Å²) in [5.74, 6) is -0.0703. The van der Waals surface area contributed by atoms with E-state index in [9.17, 15) is 13.2 Å². The molecule has 0 aliphatic carbocycles. The van der Waals surface area contributed by atoms with Crippen molar-refractivity contribution in [2.45, 2.75) is 24.8 Å². The summed E-state index contributed by atoms with van der Waals surface area (Å²) in [4.78, 5) is 20.7. The minimum Gasteiger partial charge on any atom is -0.491 e. The number of nitrogens with zero attached hydrogens (tertiary/aromatic N) is 2. The van der Waals surface area contributed by atoms with E-state index in [2.05, 4.69) is 14.7 Å². The van der Waals surface area contributed by atoms with Crippen LogP contribution in [0.5, 0.6) is 5.75 Å². The fraction of sp³-hybridized carbons (Fsp3) is 0.150. The molecule has 3 aromatic rings. The van der Waals surface area contributed by atoms with Gasteiger partial charge >= 0.3 is 0 Å². The first-order chi connectivity index (χ1) is 13.8. The van der Waals surface area contributed by atoms with Crippen molar-refractivity contribution < 1.29 is 17.9 Å². The SMILES string of the molecule is CC(C)Oc1ccc(S(=O)(=O)Nc2nccc(Cl)c2C(=O)c2ccncc2)cc1. The van der Waals surface area contributed by atoms with Crippen molar-refractivity contribution >= 4 is 33.2 Å². The zero-order chi connectivity index (χ0) is 21.0. The molecule has 2 aromatic heterocycles. The molecule has 2 heterocycles. The smallest absolute Gasteiger partial charge is 0.263 e. The summed E-state index contributed by atoms with van der Waals surface area (Å²) in [6, 6.07) is 10.4. The summed E-state index contributed by atoms with van der Waals surface area (Å²) in [6.07, 6.45) is 4.21. The van der Waals surface area contributed by atoms with E-state index < -0.39 is 15.8 Å². The van der Waals surface area contributed by atoms with Crippen LogP contribution in [0, 0.1) is 0 Å². The maximum atomic E-state index is 12.9. The van der Waals surface area contributed by atoms with Gasteiger partial charge in [-0.2, -0.15) is 0 Å². The summed E-state index contributed by atoms with van der Waals surface area (Å²) in [7, 11) is -4.00. The van der Waals surface area contributed by atoms with E-state index in [-0.39, 0.29) is 27.4 Å². The number of benzene rings is 1. The van der Waals surface area contributed by atoms with Gasteiger partial charge in [-0.1, -0.05) is 11.6 Å². The highest BCUT2D eigenvalue weighted by molar-refractivity contribution is 7.92. The summed E-state index contributed by atoms with van der Waals surface area (Å²) >= 11 is 6.19. The minimum atomic E-state index is -4.00. The van der Waals surface area contributed by atoms with E-state index in [0.717, 1.165) is 0 Å². The number of carbonyl (C=O) groups is 1. The number of anilines is 1. The summed E-state index contributed by atoms with van der Waals surface area (Å²) in [5.41, 5.74) is 0.272. The van der Waals surface area contributed by atoms with Crippen LogP contribution >= 0.6 is 11.6 Å². The number of hydrogen-bond acceptors (Lipinski definition) is 6. The van der Waals surface area contributed by atoms with Gasteiger partial charge in [0.25, 0.3) is 10.0 Å². The fourth-order valence-corrected chi connectivity index (χ4v) is 3.79. The third-order valence-electron chi connectivity index (χ3n) is 3.81. The highest BCUT2D eigenvalue weighted by Gasteiger charge is 2.23. The van der Waals surface area contributed by atoms with Crippen molar-refractivity contribution in [2.75, 3.05) is 4.72 Å². The van der Waals surface area contributed by atoms with Crippen LogP contribution in [-0.4, -0.2) is 30.3 Å². The second kappa shape index (κ2) is 8.59. The van der Waals surface area contributed by atoms with Crippen LogP contribution in [0.25, 0.3) is 0 Å². The number of nitrogens with one attached hydrogen (secondary N) is 1. The normalized spacial score (nSPS) is 11.3. The number of aromatic nitrogens is 2. The molecule has 0 atom stereocenters. The average Bonchev–Trinajstić information content (AvgIpc) is 2.68. The second-order valence-corrected chi connectivity index (χ2v) is 8.41. The number of ketones is 1. The van der Waals surface area contributed by atoms with Crippen molar-refractivity contribution in [2.24, 2.45) is 0 Å². The Morgan fingerprint density at radius 1 is 1.03 bits per heavy atom. The van der Waals surface area contributed by atoms with Crippen molar-refractivity contribution in [1.29, 1.82) is 0 Å². The van der Waals surface area contributed by atoms with E-state index >= 15 is 0 Å². The van der Waals surface area contributed by atoms with Crippen LogP contribution in [0.15, 0.2) is 66.0 Å². The molecule has 1 N–H and O–H groups in total. The van der Waals surface area contributed by atoms with Gasteiger partial charge in [-0.05, 0) is 56.3 Å². The minimum absolute atomic E-state index is 0.00214. The van der Waals surface area contributed by atoms with Gasteiger partial charge in [-0.15, -0.1) is 0 Å². The largest absolute Gasteiger partial charge is 0.491 e. The van der Waals surface area contributed by atoms with Crippen LogP contribution in [0.1, 0.15) is 29.8 Å². The van der Waals surface area contributed by atoms with E-state index in [1.807, 2.05) is 13.8 Å². The van der Waals surface area contributed by atoms with Crippen LogP contribution in [-0.2, 0) is 10.0 Å². The molecule has 150 valence electrons. The first-order valence-corrected chi connectivity index (χ1v) is 10.5. The lowest BCUT2D eigenvalue weighted by atomic mass is 10.1. The molecule has 0 fully saturated rings. The topological polar surface area (TPSA) is 98.3 Å². The summed E-state index contributed by atoms with van der Waals surface area (Å²) < 4.78 is 33.5. The zero-order valence-electron chi connectivity index (χ0n) is 15.7. The lowest BCUT2D eigenvalue weighted by Crippen LogP contribution is -2.17. The Bertz CT molecular complexity index is 1120. The molecule has 0 amide bonds. The van der Waals surface area contributed by atoms with Crippen molar-refractivity contribution in [3.05, 3.63) is 77.2 Å². The third kappa shape index (κ3) is 4.90. The Kier molecular flexibility index (Phi) is 6.14. The van der Waals surface area contributed by atoms with E-state index in [4.69, 9.17) is 16.3 Å². The van der Waals surface area contributed by atoms with Crippen LogP contribution in [0.4, 0.5) is 5.82 Å². The Labute approximate surface area is 173 Å². The zero-order valence-corrected chi connectivity index (χ0v) is 17.2. The number of carbonyl (C=O) groups excluding carboxylic acids is 1. The monoisotopic (exact) mass is 431 g/mol. The molecule has 3 rings (SSSR count). The number of ether oxygens (including phenoxy) is 1. The number of halogens is 1. The summed E-state index contributed by atoms with van der Waals surface area (Å²) in [5, 5.41) is 0.0835. The number of pyridine rings is 2. The molecular weight excluding hydrogens is 414 g/mol. The van der Waals surface area contributed by atoms with Crippen LogP contribution in [0.3, 0.4) is 0 Å². The first-order valence-electron chi connectivity index (χ1n) is 8.66. The average molecular weight is 432 g/mol. The molecule has 0 radical (unpaired) electrons. The van der Waals surface area contributed by atoms with Crippen molar-refractivity contribution in [3.8, 4) is 5.75 Å². The number of sulfonamides is 1. The van der Waals surface area contributed by atoms with Gasteiger partial charge in [0.15, 0.2) is 11.6 Å². The summed E-state index contributed by atoms with van der Waals surface area (Å²) in [6.45, 7) is 3.75. The first kappa shape index (κ1) is 20.8. The molecular formula is C20H18ClN3O4S. The fourth-order valence-electron chi connectivity index (χ4n) is 2.53. The molecule has 0 saturated carbocycles. The molecule has 0 spiro atoms. The standard InChI is InChI=1S/C20H18ClN3O4S/c1-13(2)28-15-3-5-16(6-4-15)29(26,27)24-20-18(17(21)9-12-23-20)19(25)14-7-10-22-11-8-14/h3-13H,1-2H3,(H,23,24). The van der Waals surface area contributed by atoms with E-state index in [1.165, 1.54) is 48.9 Å².